The van der Waals surface area contributed by atoms with Gasteiger partial charge in [0.15, 0.2) is 0 Å². The van der Waals surface area contributed by atoms with E-state index in [1.54, 1.807) is 0 Å². The fraction of sp³-hybridized carbons (Fsp3) is 0.407. The molecule has 0 radical (unpaired) electrons. The molecule has 0 saturated carbocycles. The first kappa shape index (κ1) is 23.1. The molecule has 0 aliphatic carbocycles. The second-order valence-corrected chi connectivity index (χ2v) is 9.02. The Hall–Kier alpha value is -3.70. The van der Waals surface area contributed by atoms with Crippen LogP contribution in [0.3, 0.4) is 0 Å². The van der Waals surface area contributed by atoms with Crippen molar-refractivity contribution in [1.29, 1.82) is 5.26 Å². The van der Waals surface area contributed by atoms with Crippen molar-refractivity contribution >= 4 is 23.3 Å². The summed E-state index contributed by atoms with van der Waals surface area (Å²) < 4.78 is 5.56. The highest BCUT2D eigenvalue weighted by Crippen LogP contribution is 2.40. The van der Waals surface area contributed by atoms with E-state index < -0.39 is 0 Å². The fourth-order valence-corrected chi connectivity index (χ4v) is 4.67. The quantitative estimate of drug-likeness (QED) is 0.510. The molecule has 8 nitrogen and oxygen atoms in total. The summed E-state index contributed by atoms with van der Waals surface area (Å²) in [7, 11) is 2.10. The molecular weight excluding hydrogens is 438 g/mol. The van der Waals surface area contributed by atoms with Gasteiger partial charge >= 0.3 is 0 Å². The number of hydrogen-bond acceptors (Lipinski definition) is 8. The normalized spacial score (nSPS) is 15.1. The number of benzene rings is 1. The molecule has 2 aromatic heterocycles. The highest BCUT2D eigenvalue weighted by molar-refractivity contribution is 5.78. The van der Waals surface area contributed by atoms with Gasteiger partial charge in [0.05, 0.1) is 30.5 Å². The minimum absolute atomic E-state index is 0.631. The zero-order chi connectivity index (χ0) is 24.2. The Labute approximate surface area is 206 Å². The van der Waals surface area contributed by atoms with Crippen molar-refractivity contribution in [2.45, 2.75) is 26.2 Å². The fourth-order valence-electron chi connectivity index (χ4n) is 4.67. The lowest BCUT2D eigenvalue weighted by Crippen LogP contribution is -2.37. The minimum Gasteiger partial charge on any atom is -0.378 e. The Morgan fingerprint density at radius 2 is 1.97 bits per heavy atom. The molecule has 1 aromatic carbocycles. The number of nitriles is 1. The van der Waals surface area contributed by atoms with E-state index >= 15 is 0 Å². The van der Waals surface area contributed by atoms with Gasteiger partial charge in [-0.1, -0.05) is 25.5 Å². The molecule has 0 amide bonds. The van der Waals surface area contributed by atoms with Crippen molar-refractivity contribution in [3.8, 4) is 17.3 Å². The predicted molar refractivity (Wildman–Crippen MR) is 138 cm³/mol. The van der Waals surface area contributed by atoms with E-state index in [9.17, 15) is 5.26 Å². The average Bonchev–Trinajstić information content (AvgIpc) is 3.36. The number of ether oxygens (including phenoxy) is 1. The van der Waals surface area contributed by atoms with E-state index in [1.807, 2.05) is 30.5 Å². The summed E-state index contributed by atoms with van der Waals surface area (Å²) in [6, 6.07) is 14.2. The number of aromatic nitrogens is 3. The Morgan fingerprint density at radius 3 is 2.77 bits per heavy atom. The van der Waals surface area contributed by atoms with E-state index in [0.717, 1.165) is 79.6 Å². The molecule has 1 saturated heterocycles. The smallest absolute Gasteiger partial charge is 0.228 e. The third-order valence-corrected chi connectivity index (χ3v) is 6.65. The molecular formula is C27H31N7O. The third kappa shape index (κ3) is 4.77. The summed E-state index contributed by atoms with van der Waals surface area (Å²) in [6.07, 6.45) is 5.01. The molecule has 0 unspecified atom stereocenters. The monoisotopic (exact) mass is 469 g/mol. The van der Waals surface area contributed by atoms with Crippen LogP contribution in [0, 0.1) is 11.3 Å². The lowest BCUT2D eigenvalue weighted by atomic mass is 10.0. The number of unbranched alkanes of at least 4 members (excludes halogenated alkanes) is 1. The van der Waals surface area contributed by atoms with Gasteiger partial charge in [0.25, 0.3) is 0 Å². The molecule has 180 valence electrons. The molecule has 0 atom stereocenters. The van der Waals surface area contributed by atoms with Gasteiger partial charge in [-0.2, -0.15) is 10.2 Å². The molecule has 8 heteroatoms. The number of nitrogens with zero attached hydrogens (tertiary/aromatic N) is 7. The van der Waals surface area contributed by atoms with Crippen LogP contribution in [0.4, 0.5) is 23.3 Å². The number of anilines is 4. The lowest BCUT2D eigenvalue weighted by Gasteiger charge is -2.28. The standard InChI is InChI=1S/C27H31N7O/c1-3-4-11-32(2)24-18-22(8-10-29-24)34-12-9-23-25(21-7-5-6-20(17-21)19-28)30-27(31-26(23)34)33-13-15-35-16-14-33/h5-8,10,17-18H,3-4,9,11-16H2,1-2H3. The number of morpholine rings is 1. The van der Waals surface area contributed by atoms with E-state index in [4.69, 9.17) is 14.7 Å². The Morgan fingerprint density at radius 1 is 1.11 bits per heavy atom. The van der Waals surface area contributed by atoms with Gasteiger partial charge in [-0.15, -0.1) is 0 Å². The summed E-state index contributed by atoms with van der Waals surface area (Å²) >= 11 is 0. The van der Waals surface area contributed by atoms with Gasteiger partial charge in [0.2, 0.25) is 5.95 Å². The molecule has 3 aromatic rings. The van der Waals surface area contributed by atoms with Crippen LogP contribution in [0.15, 0.2) is 42.6 Å². The largest absolute Gasteiger partial charge is 0.378 e. The molecule has 2 aliphatic heterocycles. The van der Waals surface area contributed by atoms with Crippen LogP contribution >= 0.6 is 0 Å². The first-order chi connectivity index (χ1) is 17.2. The summed E-state index contributed by atoms with van der Waals surface area (Å²) in [5.74, 6) is 2.62. The highest BCUT2D eigenvalue weighted by atomic mass is 16.5. The van der Waals surface area contributed by atoms with Gasteiger partial charge in [-0.25, -0.2) is 9.97 Å². The summed E-state index contributed by atoms with van der Waals surface area (Å²) in [5.41, 5.74) is 4.70. The molecule has 5 rings (SSSR count). The van der Waals surface area contributed by atoms with E-state index in [0.29, 0.717) is 24.7 Å². The van der Waals surface area contributed by atoms with Crippen LogP contribution < -0.4 is 14.7 Å². The molecule has 2 aliphatic rings. The molecule has 35 heavy (non-hydrogen) atoms. The van der Waals surface area contributed by atoms with Crippen molar-refractivity contribution in [1.82, 2.24) is 15.0 Å². The summed E-state index contributed by atoms with van der Waals surface area (Å²) in [6.45, 7) is 6.86. The minimum atomic E-state index is 0.631. The maximum Gasteiger partial charge on any atom is 0.228 e. The SMILES string of the molecule is CCCCN(C)c1cc(N2CCc3c(-c4cccc(C#N)c4)nc(N4CCOCC4)nc32)ccn1. The predicted octanol–water partition coefficient (Wildman–Crippen LogP) is 4.18. The van der Waals surface area contributed by atoms with Crippen LogP contribution in [0.1, 0.15) is 30.9 Å². The molecule has 0 bridgehead atoms. The molecule has 4 heterocycles. The van der Waals surface area contributed by atoms with Crippen LogP contribution in [-0.2, 0) is 11.2 Å². The van der Waals surface area contributed by atoms with Crippen LogP contribution in [-0.4, -0.2) is 61.4 Å². The van der Waals surface area contributed by atoms with Crippen molar-refractivity contribution in [2.24, 2.45) is 0 Å². The van der Waals surface area contributed by atoms with Gasteiger partial charge in [-0.3, -0.25) is 0 Å². The van der Waals surface area contributed by atoms with Gasteiger partial charge in [0.1, 0.15) is 11.6 Å². The maximum absolute atomic E-state index is 9.45. The van der Waals surface area contributed by atoms with Gasteiger partial charge in [0, 0.05) is 62.3 Å². The molecule has 0 spiro atoms. The van der Waals surface area contributed by atoms with E-state index in [2.05, 4.69) is 51.9 Å². The number of hydrogen-bond donors (Lipinski definition) is 0. The first-order valence-electron chi connectivity index (χ1n) is 12.4. The second-order valence-electron chi connectivity index (χ2n) is 9.02. The molecule has 1 fully saturated rings. The first-order valence-corrected chi connectivity index (χ1v) is 12.4. The number of pyridine rings is 1. The van der Waals surface area contributed by atoms with Crippen molar-refractivity contribution < 1.29 is 4.74 Å². The summed E-state index contributed by atoms with van der Waals surface area (Å²) in [5, 5.41) is 9.45. The average molecular weight is 470 g/mol. The van der Waals surface area contributed by atoms with E-state index in [-0.39, 0.29) is 0 Å². The summed E-state index contributed by atoms with van der Waals surface area (Å²) in [4.78, 5) is 21.4. The Balaban J connectivity index is 1.57. The maximum atomic E-state index is 9.45. The van der Waals surface area contributed by atoms with Crippen LogP contribution in [0.2, 0.25) is 0 Å². The number of fused-ring (bicyclic) bond motifs is 1. The van der Waals surface area contributed by atoms with E-state index in [1.165, 1.54) is 0 Å². The second kappa shape index (κ2) is 10.3. The van der Waals surface area contributed by atoms with Gasteiger partial charge in [-0.05, 0) is 31.0 Å². The number of rotatable bonds is 7. The topological polar surface area (TPSA) is 81.4 Å². The Kier molecular flexibility index (Phi) is 6.77. The third-order valence-electron chi connectivity index (χ3n) is 6.65. The molecule has 0 N–H and O–H groups in total. The lowest BCUT2D eigenvalue weighted by molar-refractivity contribution is 0.122. The van der Waals surface area contributed by atoms with Crippen LogP contribution in [0.5, 0.6) is 0 Å². The zero-order valence-electron chi connectivity index (χ0n) is 20.4. The van der Waals surface area contributed by atoms with Crippen molar-refractivity contribution in [2.75, 3.05) is 61.1 Å². The highest BCUT2D eigenvalue weighted by Gasteiger charge is 2.29. The van der Waals surface area contributed by atoms with Crippen LogP contribution in [0.25, 0.3) is 11.3 Å². The zero-order valence-corrected chi connectivity index (χ0v) is 20.4. The Bertz CT molecular complexity index is 1230. The van der Waals surface area contributed by atoms with Crippen molar-refractivity contribution in [3.05, 3.63) is 53.7 Å². The van der Waals surface area contributed by atoms with Gasteiger partial charge < -0.3 is 19.4 Å². The van der Waals surface area contributed by atoms with Crippen molar-refractivity contribution in [3.63, 3.8) is 0 Å².